The number of nitrogens with zero attached hydrogens (tertiary/aromatic N) is 4. The maximum Gasteiger partial charge on any atom is 0.242 e. The zero-order valence-corrected chi connectivity index (χ0v) is 20.1. The number of guanidine groups is 1. The van der Waals surface area contributed by atoms with E-state index in [2.05, 4.69) is 43.7 Å². The molecule has 1 aliphatic rings. The third-order valence-electron chi connectivity index (χ3n) is 4.74. The molecular weight excluding hydrogens is 491 g/mol. The van der Waals surface area contributed by atoms with Crippen molar-refractivity contribution in [2.75, 3.05) is 45.8 Å². The fourth-order valence-corrected chi connectivity index (χ4v) is 4.31. The number of halogens is 1. The SMILES string of the molecule is CCNC(=NCCNS(=O)(=O)c1cccnc1)N1CCC(N(CC)CC)C1.I. The molecule has 10 heteroatoms. The van der Waals surface area contributed by atoms with Gasteiger partial charge in [0, 0.05) is 44.6 Å². The fraction of sp³-hybridized carbons (Fsp3) is 0.667. The Kier molecular flexibility index (Phi) is 11.2. The number of hydrogen-bond acceptors (Lipinski definition) is 5. The minimum Gasteiger partial charge on any atom is -0.357 e. The highest BCUT2D eigenvalue weighted by molar-refractivity contribution is 14.0. The Morgan fingerprint density at radius 1 is 1.36 bits per heavy atom. The Hall–Kier alpha value is -0.980. The van der Waals surface area contributed by atoms with Crippen LogP contribution >= 0.6 is 24.0 Å². The van der Waals surface area contributed by atoms with Crippen LogP contribution in [0.4, 0.5) is 0 Å². The molecule has 1 saturated heterocycles. The number of likely N-dealkylation sites (N-methyl/N-ethyl adjacent to an activating group) is 1. The molecule has 1 atom stereocenters. The van der Waals surface area contributed by atoms with Crippen molar-refractivity contribution >= 4 is 40.0 Å². The van der Waals surface area contributed by atoms with Gasteiger partial charge in [-0.2, -0.15) is 0 Å². The highest BCUT2D eigenvalue weighted by Gasteiger charge is 2.27. The predicted molar refractivity (Wildman–Crippen MR) is 124 cm³/mol. The van der Waals surface area contributed by atoms with Crippen molar-refractivity contribution in [3.63, 3.8) is 0 Å². The first-order valence-electron chi connectivity index (χ1n) is 9.68. The van der Waals surface area contributed by atoms with Gasteiger partial charge in [-0.05, 0) is 38.6 Å². The number of likely N-dealkylation sites (tertiary alicyclic amines) is 1. The number of pyridine rings is 1. The topological polar surface area (TPSA) is 89.9 Å². The zero-order chi connectivity index (χ0) is 19.7. The van der Waals surface area contributed by atoms with Gasteiger partial charge in [-0.1, -0.05) is 13.8 Å². The number of sulfonamides is 1. The Bertz CT molecular complexity index is 697. The third-order valence-corrected chi connectivity index (χ3v) is 6.18. The second kappa shape index (κ2) is 12.6. The zero-order valence-electron chi connectivity index (χ0n) is 17.0. The van der Waals surface area contributed by atoms with Crippen molar-refractivity contribution in [1.29, 1.82) is 0 Å². The Balaban J connectivity index is 0.00000392. The van der Waals surface area contributed by atoms with Crippen LogP contribution < -0.4 is 10.0 Å². The molecule has 0 aliphatic carbocycles. The minimum absolute atomic E-state index is 0. The van der Waals surface area contributed by atoms with Crippen LogP contribution in [0.3, 0.4) is 0 Å². The summed E-state index contributed by atoms with van der Waals surface area (Å²) in [4.78, 5) is 13.4. The molecule has 1 aliphatic heterocycles. The van der Waals surface area contributed by atoms with E-state index >= 15 is 0 Å². The van der Waals surface area contributed by atoms with E-state index in [4.69, 9.17) is 0 Å². The quantitative estimate of drug-likeness (QED) is 0.220. The Morgan fingerprint density at radius 2 is 2.11 bits per heavy atom. The highest BCUT2D eigenvalue weighted by atomic mass is 127. The molecule has 2 heterocycles. The predicted octanol–water partition coefficient (Wildman–Crippen LogP) is 1.36. The maximum atomic E-state index is 12.2. The first-order chi connectivity index (χ1) is 13.0. The van der Waals surface area contributed by atoms with Crippen LogP contribution in [0.15, 0.2) is 34.4 Å². The molecule has 1 aromatic rings. The number of rotatable bonds is 9. The molecule has 0 amide bonds. The number of aliphatic imine (C=N–C) groups is 1. The summed E-state index contributed by atoms with van der Waals surface area (Å²) in [6, 6.07) is 3.68. The minimum atomic E-state index is -3.54. The van der Waals surface area contributed by atoms with Gasteiger partial charge < -0.3 is 10.2 Å². The van der Waals surface area contributed by atoms with Gasteiger partial charge in [0.15, 0.2) is 5.96 Å². The second-order valence-electron chi connectivity index (χ2n) is 6.43. The number of hydrogen-bond donors (Lipinski definition) is 2. The molecule has 0 bridgehead atoms. The highest BCUT2D eigenvalue weighted by Crippen LogP contribution is 2.15. The van der Waals surface area contributed by atoms with E-state index in [1.807, 2.05) is 6.92 Å². The summed E-state index contributed by atoms with van der Waals surface area (Å²) in [6.07, 6.45) is 4.01. The number of aromatic nitrogens is 1. The van der Waals surface area contributed by atoms with Crippen molar-refractivity contribution < 1.29 is 8.42 Å². The molecular formula is C18H33IN6O2S. The van der Waals surface area contributed by atoms with E-state index < -0.39 is 10.0 Å². The average molecular weight is 524 g/mol. The van der Waals surface area contributed by atoms with E-state index in [0.717, 1.165) is 45.1 Å². The summed E-state index contributed by atoms with van der Waals surface area (Å²) in [6.45, 7) is 11.9. The van der Waals surface area contributed by atoms with Crippen LogP contribution in [-0.2, 0) is 10.0 Å². The largest absolute Gasteiger partial charge is 0.357 e. The molecule has 8 nitrogen and oxygen atoms in total. The lowest BCUT2D eigenvalue weighted by Gasteiger charge is -2.27. The van der Waals surface area contributed by atoms with E-state index in [1.54, 1.807) is 12.3 Å². The fourth-order valence-electron chi connectivity index (χ4n) is 3.33. The number of nitrogens with one attached hydrogen (secondary N) is 2. The van der Waals surface area contributed by atoms with Gasteiger partial charge in [-0.15, -0.1) is 24.0 Å². The molecule has 2 rings (SSSR count). The van der Waals surface area contributed by atoms with Gasteiger partial charge >= 0.3 is 0 Å². The summed E-state index contributed by atoms with van der Waals surface area (Å²) in [7, 11) is -3.54. The normalized spacial score (nSPS) is 17.6. The maximum absolute atomic E-state index is 12.2. The molecule has 160 valence electrons. The van der Waals surface area contributed by atoms with E-state index in [-0.39, 0.29) is 35.4 Å². The van der Waals surface area contributed by atoms with Crippen molar-refractivity contribution in [3.8, 4) is 0 Å². The lowest BCUT2D eigenvalue weighted by atomic mass is 10.2. The summed E-state index contributed by atoms with van der Waals surface area (Å²) in [5, 5.41) is 3.32. The van der Waals surface area contributed by atoms with Crippen molar-refractivity contribution in [1.82, 2.24) is 24.8 Å². The van der Waals surface area contributed by atoms with Crippen molar-refractivity contribution in [2.45, 2.75) is 38.1 Å². The molecule has 0 aromatic carbocycles. The summed E-state index contributed by atoms with van der Waals surface area (Å²) in [5.74, 6) is 0.854. The summed E-state index contributed by atoms with van der Waals surface area (Å²) in [5.41, 5.74) is 0. The molecule has 0 radical (unpaired) electrons. The molecule has 28 heavy (non-hydrogen) atoms. The molecule has 1 unspecified atom stereocenters. The monoisotopic (exact) mass is 524 g/mol. The van der Waals surface area contributed by atoms with Crippen LogP contribution in [0.2, 0.25) is 0 Å². The summed E-state index contributed by atoms with van der Waals surface area (Å²) >= 11 is 0. The molecule has 2 N–H and O–H groups in total. The molecule has 1 aromatic heterocycles. The average Bonchev–Trinajstić information content (AvgIpc) is 3.16. The second-order valence-corrected chi connectivity index (χ2v) is 8.20. The Labute approximate surface area is 186 Å². The van der Waals surface area contributed by atoms with Crippen molar-refractivity contribution in [3.05, 3.63) is 24.5 Å². The van der Waals surface area contributed by atoms with Crippen LogP contribution in [0.5, 0.6) is 0 Å². The third kappa shape index (κ3) is 7.12. The first-order valence-corrected chi connectivity index (χ1v) is 11.2. The lowest BCUT2D eigenvalue weighted by Crippen LogP contribution is -2.43. The van der Waals surface area contributed by atoms with Gasteiger partial charge in [0.05, 0.1) is 6.54 Å². The van der Waals surface area contributed by atoms with Gasteiger partial charge in [0.1, 0.15) is 4.90 Å². The lowest BCUT2D eigenvalue weighted by molar-refractivity contribution is 0.223. The van der Waals surface area contributed by atoms with Gasteiger partial charge in [-0.3, -0.25) is 14.9 Å². The molecule has 0 spiro atoms. The molecule has 0 saturated carbocycles. The standard InChI is InChI=1S/C18H32N6O2S.HI/c1-4-20-18(24-13-9-16(15-24)23(5-2)6-3)21-11-12-22-27(25,26)17-8-7-10-19-14-17;/h7-8,10,14,16,22H,4-6,9,11-13,15H2,1-3H3,(H,20,21);1H. The van der Waals surface area contributed by atoms with Crippen LogP contribution in [0.1, 0.15) is 27.2 Å². The van der Waals surface area contributed by atoms with Crippen LogP contribution in [0, 0.1) is 0 Å². The van der Waals surface area contributed by atoms with Gasteiger partial charge in [0.25, 0.3) is 0 Å². The molecule has 1 fully saturated rings. The van der Waals surface area contributed by atoms with E-state index in [1.165, 1.54) is 12.3 Å². The summed E-state index contributed by atoms with van der Waals surface area (Å²) < 4.78 is 27.0. The van der Waals surface area contributed by atoms with Crippen molar-refractivity contribution in [2.24, 2.45) is 4.99 Å². The van der Waals surface area contributed by atoms with E-state index in [9.17, 15) is 8.42 Å². The Morgan fingerprint density at radius 3 is 2.71 bits per heavy atom. The van der Waals surface area contributed by atoms with E-state index in [0.29, 0.717) is 12.6 Å². The van der Waals surface area contributed by atoms with Gasteiger partial charge in [-0.25, -0.2) is 13.1 Å². The van der Waals surface area contributed by atoms with Gasteiger partial charge in [0.2, 0.25) is 10.0 Å². The first kappa shape index (κ1) is 25.1. The smallest absolute Gasteiger partial charge is 0.242 e. The van der Waals surface area contributed by atoms with Crippen LogP contribution in [-0.4, -0.2) is 81.0 Å². The van der Waals surface area contributed by atoms with Crippen LogP contribution in [0.25, 0.3) is 0 Å².